The van der Waals surface area contributed by atoms with E-state index >= 15 is 0 Å². The summed E-state index contributed by atoms with van der Waals surface area (Å²) in [4.78, 5) is 16.0. The molecule has 0 fully saturated rings. The van der Waals surface area contributed by atoms with E-state index in [9.17, 15) is 4.79 Å². The molecule has 5 heteroatoms. The maximum Gasteiger partial charge on any atom is 0.251 e. The fourth-order valence-corrected chi connectivity index (χ4v) is 4.02. The number of nitrogens with one attached hydrogen (secondary N) is 2. The third kappa shape index (κ3) is 3.56. The van der Waals surface area contributed by atoms with Gasteiger partial charge < -0.3 is 15.4 Å². The number of thioether (sulfide) groups is 1. The Balaban J connectivity index is 1.83. The van der Waals surface area contributed by atoms with Crippen molar-refractivity contribution in [3.8, 4) is 0 Å². The molecule has 0 bridgehead atoms. The molecular weight excluding hydrogens is 308 g/mol. The summed E-state index contributed by atoms with van der Waals surface area (Å²) in [7, 11) is 0. The van der Waals surface area contributed by atoms with Crippen molar-refractivity contribution < 1.29 is 9.90 Å². The molecule has 3 rings (SSSR count). The second-order valence-electron chi connectivity index (χ2n) is 6.19. The fourth-order valence-electron chi connectivity index (χ4n) is 3.37. The number of hydrogen-bond donors (Lipinski definition) is 3. The van der Waals surface area contributed by atoms with Gasteiger partial charge in [0.2, 0.25) is 0 Å². The summed E-state index contributed by atoms with van der Waals surface area (Å²) >= 11 is 1.68. The lowest BCUT2D eigenvalue weighted by molar-refractivity contribution is 0.0935. The lowest BCUT2D eigenvalue weighted by Gasteiger charge is -2.16. The van der Waals surface area contributed by atoms with Crippen LogP contribution in [-0.2, 0) is 12.8 Å². The molecule has 0 radical (unpaired) electrons. The van der Waals surface area contributed by atoms with Crippen LogP contribution >= 0.6 is 11.8 Å². The van der Waals surface area contributed by atoms with Gasteiger partial charge in [0.25, 0.3) is 5.91 Å². The highest BCUT2D eigenvalue weighted by Gasteiger charge is 2.18. The summed E-state index contributed by atoms with van der Waals surface area (Å²) < 4.78 is 0. The van der Waals surface area contributed by atoms with Crippen molar-refractivity contribution in [3.63, 3.8) is 0 Å². The van der Waals surface area contributed by atoms with Crippen molar-refractivity contribution in [1.29, 1.82) is 0 Å². The van der Waals surface area contributed by atoms with Crippen LogP contribution in [-0.4, -0.2) is 40.7 Å². The Morgan fingerprint density at radius 2 is 2.22 bits per heavy atom. The van der Waals surface area contributed by atoms with Gasteiger partial charge in [-0.15, -0.1) is 0 Å². The van der Waals surface area contributed by atoms with Crippen LogP contribution in [0.25, 0.3) is 10.9 Å². The van der Waals surface area contributed by atoms with E-state index in [-0.39, 0.29) is 18.6 Å². The summed E-state index contributed by atoms with van der Waals surface area (Å²) in [6.45, 7) is 0.0931. The largest absolute Gasteiger partial charge is 0.396 e. The number of aliphatic hydroxyl groups excluding tert-OH is 1. The molecule has 1 unspecified atom stereocenters. The molecule has 0 saturated heterocycles. The molecule has 124 valence electrons. The fraction of sp³-hybridized carbons (Fsp3) is 0.500. The smallest absolute Gasteiger partial charge is 0.251 e. The van der Waals surface area contributed by atoms with Gasteiger partial charge in [0, 0.05) is 40.6 Å². The third-order valence-corrected chi connectivity index (χ3v) is 5.28. The van der Waals surface area contributed by atoms with E-state index in [1.807, 2.05) is 24.5 Å². The molecule has 2 aromatic rings. The topological polar surface area (TPSA) is 65.1 Å². The Hall–Kier alpha value is -1.46. The van der Waals surface area contributed by atoms with Crippen molar-refractivity contribution in [2.45, 2.75) is 38.1 Å². The van der Waals surface area contributed by atoms with E-state index in [0.717, 1.165) is 24.1 Å². The van der Waals surface area contributed by atoms with Gasteiger partial charge in [-0.25, -0.2) is 0 Å². The zero-order chi connectivity index (χ0) is 16.2. The third-order valence-electron chi connectivity index (χ3n) is 4.54. The van der Waals surface area contributed by atoms with E-state index < -0.39 is 0 Å². The number of aromatic amines is 1. The highest BCUT2D eigenvalue weighted by Crippen LogP contribution is 2.29. The first-order valence-corrected chi connectivity index (χ1v) is 9.66. The lowest BCUT2D eigenvalue weighted by Crippen LogP contribution is -2.37. The minimum absolute atomic E-state index is 0.0123. The molecule has 0 aliphatic heterocycles. The van der Waals surface area contributed by atoms with E-state index in [2.05, 4.69) is 10.3 Å². The number of H-pyrrole nitrogens is 1. The Morgan fingerprint density at radius 3 is 3.00 bits per heavy atom. The van der Waals surface area contributed by atoms with Crippen molar-refractivity contribution in [2.75, 3.05) is 18.6 Å². The Labute approximate surface area is 141 Å². The number of aromatic nitrogens is 1. The Kier molecular flexibility index (Phi) is 5.28. The van der Waals surface area contributed by atoms with Crippen LogP contribution in [0.5, 0.6) is 0 Å². The molecule has 1 amide bonds. The summed E-state index contributed by atoms with van der Waals surface area (Å²) in [6, 6.07) is 5.92. The van der Waals surface area contributed by atoms with E-state index in [0.29, 0.717) is 12.0 Å². The summed E-state index contributed by atoms with van der Waals surface area (Å²) in [5.41, 5.74) is 4.56. The van der Waals surface area contributed by atoms with E-state index in [1.54, 1.807) is 11.8 Å². The van der Waals surface area contributed by atoms with Gasteiger partial charge in [-0.3, -0.25) is 4.79 Å². The number of benzene rings is 1. The minimum Gasteiger partial charge on any atom is -0.396 e. The maximum absolute atomic E-state index is 12.5. The van der Waals surface area contributed by atoms with Crippen LogP contribution < -0.4 is 5.32 Å². The molecule has 1 aromatic heterocycles. The standard InChI is InChI=1S/C18H24N2O2S/c1-23-11-13(8-9-21)19-18(22)12-6-7-17-15(10-12)14-4-2-3-5-16(14)20-17/h6-7,10,13,20-21H,2-5,8-9,11H2,1H3,(H,19,22). The number of carbonyl (C=O) groups is 1. The van der Waals surface area contributed by atoms with Crippen LogP contribution in [0.3, 0.4) is 0 Å². The number of aryl methyl sites for hydroxylation is 2. The van der Waals surface area contributed by atoms with Gasteiger partial charge in [-0.2, -0.15) is 11.8 Å². The molecule has 1 atom stereocenters. The van der Waals surface area contributed by atoms with Gasteiger partial charge in [0.05, 0.1) is 0 Å². The maximum atomic E-state index is 12.5. The SMILES string of the molecule is CSCC(CCO)NC(=O)c1ccc2[nH]c3c(c2c1)CCCC3. The van der Waals surface area contributed by atoms with Crippen molar-refractivity contribution in [2.24, 2.45) is 0 Å². The molecule has 1 aromatic carbocycles. The molecule has 4 nitrogen and oxygen atoms in total. The molecule has 23 heavy (non-hydrogen) atoms. The first-order chi connectivity index (χ1) is 11.2. The second-order valence-corrected chi connectivity index (χ2v) is 7.10. The molecule has 1 aliphatic carbocycles. The number of fused-ring (bicyclic) bond motifs is 3. The van der Waals surface area contributed by atoms with Gasteiger partial charge in [0.15, 0.2) is 0 Å². The highest BCUT2D eigenvalue weighted by atomic mass is 32.2. The molecule has 0 saturated carbocycles. The first-order valence-electron chi connectivity index (χ1n) is 8.27. The van der Waals surface area contributed by atoms with Crippen molar-refractivity contribution in [1.82, 2.24) is 10.3 Å². The van der Waals surface area contributed by atoms with E-state index in [4.69, 9.17) is 5.11 Å². The predicted molar refractivity (Wildman–Crippen MR) is 96.3 cm³/mol. The minimum atomic E-state index is -0.0508. The molecule has 1 aliphatic rings. The van der Waals surface area contributed by atoms with Crippen LogP contribution in [0, 0.1) is 0 Å². The predicted octanol–water partition coefficient (Wildman–Crippen LogP) is 2.89. The zero-order valence-corrected chi connectivity index (χ0v) is 14.3. The molecule has 0 spiro atoms. The Bertz CT molecular complexity index is 690. The van der Waals surface area contributed by atoms with E-state index in [1.165, 1.54) is 29.5 Å². The second kappa shape index (κ2) is 7.41. The molecule has 3 N–H and O–H groups in total. The highest BCUT2D eigenvalue weighted by molar-refractivity contribution is 7.98. The van der Waals surface area contributed by atoms with Gasteiger partial charge >= 0.3 is 0 Å². The molecular formula is C18H24N2O2S. The van der Waals surface area contributed by atoms with Crippen LogP contribution in [0.4, 0.5) is 0 Å². The summed E-state index contributed by atoms with van der Waals surface area (Å²) in [6.07, 6.45) is 7.27. The zero-order valence-electron chi connectivity index (χ0n) is 13.5. The Morgan fingerprint density at radius 1 is 1.39 bits per heavy atom. The van der Waals surface area contributed by atoms with Crippen LogP contribution in [0.1, 0.15) is 40.9 Å². The van der Waals surface area contributed by atoms with Gasteiger partial charge in [-0.1, -0.05) is 0 Å². The van der Waals surface area contributed by atoms with Crippen molar-refractivity contribution in [3.05, 3.63) is 35.0 Å². The number of amides is 1. The lowest BCUT2D eigenvalue weighted by atomic mass is 9.95. The number of carbonyl (C=O) groups excluding carboxylic acids is 1. The number of aliphatic hydroxyl groups is 1. The first kappa shape index (κ1) is 16.4. The quantitative estimate of drug-likeness (QED) is 0.762. The normalized spacial score (nSPS) is 15.4. The number of rotatable bonds is 6. The average Bonchev–Trinajstić information content (AvgIpc) is 2.93. The van der Waals surface area contributed by atoms with Crippen LogP contribution in [0.2, 0.25) is 0 Å². The summed E-state index contributed by atoms with van der Waals surface area (Å²) in [5, 5.41) is 13.4. The monoisotopic (exact) mass is 332 g/mol. The van der Waals surface area contributed by atoms with Gasteiger partial charge in [0.1, 0.15) is 0 Å². The summed E-state index contributed by atoms with van der Waals surface area (Å²) in [5.74, 6) is 0.763. The van der Waals surface area contributed by atoms with Crippen molar-refractivity contribution >= 4 is 28.6 Å². The van der Waals surface area contributed by atoms with Crippen LogP contribution in [0.15, 0.2) is 18.2 Å². The number of hydrogen-bond acceptors (Lipinski definition) is 3. The molecule has 1 heterocycles. The average molecular weight is 332 g/mol. The van der Waals surface area contributed by atoms with Gasteiger partial charge in [-0.05, 0) is 62.1 Å².